The number of nitrogens with one attached hydrogen (secondary N) is 1. The molecule has 210 valence electrons. The van der Waals surface area contributed by atoms with Gasteiger partial charge in [0.05, 0.1) is 5.56 Å². The van der Waals surface area contributed by atoms with Crippen LogP contribution in [0.15, 0.2) is 48.5 Å². The first-order chi connectivity index (χ1) is 18.8. The summed E-state index contributed by atoms with van der Waals surface area (Å²) in [6.07, 6.45) is -1.40. The Balaban J connectivity index is 1.70. The number of rotatable bonds is 9. The number of fused-ring (bicyclic) bond motifs is 1. The molecule has 12 heteroatoms. The van der Waals surface area contributed by atoms with Gasteiger partial charge in [0, 0.05) is 24.4 Å². The van der Waals surface area contributed by atoms with Gasteiger partial charge in [-0.15, -0.1) is 0 Å². The van der Waals surface area contributed by atoms with Crippen LogP contribution in [0, 0.1) is 12.8 Å². The topological polar surface area (TPSA) is 107 Å². The van der Waals surface area contributed by atoms with Crippen molar-refractivity contribution in [1.29, 1.82) is 0 Å². The van der Waals surface area contributed by atoms with Crippen LogP contribution < -0.4 is 5.32 Å². The zero-order valence-corrected chi connectivity index (χ0v) is 23.0. The van der Waals surface area contributed by atoms with Crippen LogP contribution in [0.1, 0.15) is 47.1 Å². The molecule has 1 atom stereocenters. The average molecular weight is 572 g/mol. The lowest BCUT2D eigenvalue weighted by Crippen LogP contribution is -2.22. The molecule has 0 spiro atoms. The number of sulfone groups is 1. The molecule has 1 aliphatic carbocycles. The molecule has 1 fully saturated rings. The maximum atomic E-state index is 13.2. The summed E-state index contributed by atoms with van der Waals surface area (Å²) in [6.45, 7) is 4.09. The van der Waals surface area contributed by atoms with Crippen molar-refractivity contribution in [3.8, 4) is 11.4 Å². The largest absolute Gasteiger partial charge is 0.416 e. The number of anilines is 1. The fraction of sp³-hybridized carbons (Fsp3) is 0.357. The minimum absolute atomic E-state index is 0.00722. The molecular weight excluding hydrogens is 543 g/mol. The number of nitrogens with zero attached hydrogens (tertiary/aromatic N) is 4. The summed E-state index contributed by atoms with van der Waals surface area (Å²) in [4.78, 5) is 26.4. The zero-order chi connectivity index (χ0) is 28.8. The second-order valence-corrected chi connectivity index (χ2v) is 12.6. The van der Waals surface area contributed by atoms with Crippen molar-refractivity contribution < 1.29 is 26.4 Å². The molecule has 8 nitrogen and oxygen atoms in total. The molecule has 1 aliphatic rings. The molecule has 5 rings (SSSR count). The third-order valence-electron chi connectivity index (χ3n) is 6.84. The molecule has 2 heterocycles. The van der Waals surface area contributed by atoms with Gasteiger partial charge in [-0.2, -0.15) is 13.2 Å². The lowest BCUT2D eigenvalue weighted by Gasteiger charge is -2.17. The van der Waals surface area contributed by atoms with E-state index in [9.17, 15) is 26.4 Å². The molecule has 0 amide bonds. The number of carbonyl (C=O) groups is 1. The van der Waals surface area contributed by atoms with Gasteiger partial charge in [0.25, 0.3) is 0 Å². The first-order valence-corrected chi connectivity index (χ1v) is 14.8. The van der Waals surface area contributed by atoms with Crippen molar-refractivity contribution in [3.63, 3.8) is 0 Å². The molecule has 0 saturated heterocycles. The number of Topliss-reactive ketones (excluding diaryl/α,β-unsaturated/α-hetero) is 1. The van der Waals surface area contributed by atoms with Crippen molar-refractivity contribution in [2.75, 3.05) is 17.3 Å². The molecule has 0 bridgehead atoms. The van der Waals surface area contributed by atoms with E-state index < -0.39 is 33.1 Å². The highest BCUT2D eigenvalue weighted by molar-refractivity contribution is 7.91. The highest BCUT2D eigenvalue weighted by Crippen LogP contribution is 2.36. The molecule has 1 N–H and O–H groups in total. The molecule has 0 unspecified atom stereocenters. The van der Waals surface area contributed by atoms with Crippen molar-refractivity contribution in [2.45, 2.75) is 45.5 Å². The number of halogens is 3. The number of aryl methyl sites for hydroxylation is 1. The van der Waals surface area contributed by atoms with Gasteiger partial charge in [-0.3, -0.25) is 4.79 Å². The van der Waals surface area contributed by atoms with Gasteiger partial charge in [-0.05, 0) is 56.4 Å². The number of hydrogen-bond donors (Lipinski definition) is 1. The van der Waals surface area contributed by atoms with Crippen LogP contribution >= 0.6 is 0 Å². The molecule has 0 radical (unpaired) electrons. The molecule has 40 heavy (non-hydrogen) atoms. The van der Waals surface area contributed by atoms with Crippen molar-refractivity contribution >= 4 is 32.6 Å². The molecular formula is C28H28F3N5O3S. The fourth-order valence-electron chi connectivity index (χ4n) is 4.63. The minimum Gasteiger partial charge on any atom is -0.365 e. The summed E-state index contributed by atoms with van der Waals surface area (Å²) in [5.41, 5.74) is 2.22. The predicted molar refractivity (Wildman–Crippen MR) is 146 cm³/mol. The van der Waals surface area contributed by atoms with Crippen molar-refractivity contribution in [1.82, 2.24) is 19.5 Å². The summed E-state index contributed by atoms with van der Waals surface area (Å²) >= 11 is 0. The second kappa shape index (κ2) is 10.3. The van der Waals surface area contributed by atoms with Crippen LogP contribution in [0.2, 0.25) is 0 Å². The number of aromatic nitrogens is 4. The quantitative estimate of drug-likeness (QED) is 0.272. The third-order valence-corrected chi connectivity index (χ3v) is 7.62. The Labute approximate surface area is 229 Å². The fourth-order valence-corrected chi connectivity index (χ4v) is 5.24. The van der Waals surface area contributed by atoms with Gasteiger partial charge in [-0.1, -0.05) is 35.9 Å². The van der Waals surface area contributed by atoms with Crippen LogP contribution in [0.3, 0.4) is 0 Å². The lowest BCUT2D eigenvalue weighted by molar-refractivity contribution is -0.137. The van der Waals surface area contributed by atoms with E-state index in [1.165, 1.54) is 12.1 Å². The van der Waals surface area contributed by atoms with Gasteiger partial charge >= 0.3 is 6.18 Å². The van der Waals surface area contributed by atoms with E-state index in [1.54, 1.807) is 0 Å². The first-order valence-electron chi connectivity index (χ1n) is 12.8. The molecule has 2 aromatic carbocycles. The Morgan fingerprint density at radius 1 is 1.10 bits per heavy atom. The summed E-state index contributed by atoms with van der Waals surface area (Å²) in [6, 6.07) is 12.5. The van der Waals surface area contributed by atoms with E-state index in [0.29, 0.717) is 28.6 Å². The number of alkyl halides is 3. The lowest BCUT2D eigenvalue weighted by atomic mass is 10.1. The predicted octanol–water partition coefficient (Wildman–Crippen LogP) is 5.31. The van der Waals surface area contributed by atoms with Crippen LogP contribution in [0.4, 0.5) is 19.0 Å². The Bertz CT molecular complexity index is 1690. The summed E-state index contributed by atoms with van der Waals surface area (Å²) in [7, 11) is -3.63. The van der Waals surface area contributed by atoms with E-state index in [2.05, 4.69) is 15.3 Å². The highest BCUT2D eigenvalue weighted by Gasteiger charge is 2.31. The Morgan fingerprint density at radius 2 is 1.80 bits per heavy atom. The maximum absolute atomic E-state index is 13.2. The molecule has 4 aromatic rings. The number of benzene rings is 2. The second-order valence-electron chi connectivity index (χ2n) is 10.4. The SMILES string of the molecule is Cc1cccc(-c2nc3nc(C(=O)CS(C)(=O)=O)nc(N[C@H](C)C4CC4)c3n2Cc2ccc(C(F)(F)F)cc2)c1. The van der Waals surface area contributed by atoms with Gasteiger partial charge in [0.2, 0.25) is 11.6 Å². The molecule has 2 aromatic heterocycles. The van der Waals surface area contributed by atoms with Gasteiger partial charge < -0.3 is 9.88 Å². The first kappa shape index (κ1) is 27.8. The minimum atomic E-state index is -4.45. The smallest absolute Gasteiger partial charge is 0.365 e. The zero-order valence-electron chi connectivity index (χ0n) is 22.2. The van der Waals surface area contributed by atoms with Gasteiger partial charge in [0.1, 0.15) is 17.1 Å². The Kier molecular flexibility index (Phi) is 7.15. The monoisotopic (exact) mass is 571 g/mol. The third kappa shape index (κ3) is 6.16. The van der Waals surface area contributed by atoms with Crippen LogP contribution in [0.5, 0.6) is 0 Å². The molecule has 0 aliphatic heterocycles. The summed E-state index contributed by atoms with van der Waals surface area (Å²) < 4.78 is 65.0. The number of hydrogen-bond acceptors (Lipinski definition) is 7. The van der Waals surface area contributed by atoms with Gasteiger partial charge in [0.15, 0.2) is 21.3 Å². The van der Waals surface area contributed by atoms with Crippen molar-refractivity contribution in [3.05, 3.63) is 71.0 Å². The number of carbonyl (C=O) groups excluding carboxylic acids is 1. The van der Waals surface area contributed by atoms with Crippen molar-refractivity contribution in [2.24, 2.45) is 5.92 Å². The number of imidazole rings is 1. The Morgan fingerprint density at radius 3 is 2.40 bits per heavy atom. The Hall–Kier alpha value is -3.80. The molecule has 1 saturated carbocycles. The van der Waals surface area contributed by atoms with E-state index in [0.717, 1.165) is 42.4 Å². The summed E-state index contributed by atoms with van der Waals surface area (Å²) in [5.74, 6) is -0.531. The van der Waals surface area contributed by atoms with E-state index in [4.69, 9.17) is 4.98 Å². The van der Waals surface area contributed by atoms with E-state index in [1.807, 2.05) is 42.7 Å². The maximum Gasteiger partial charge on any atom is 0.416 e. The summed E-state index contributed by atoms with van der Waals surface area (Å²) in [5, 5.41) is 3.37. The average Bonchev–Trinajstić information content (AvgIpc) is 3.65. The normalized spacial score (nSPS) is 14.8. The standard InChI is InChI=1S/C28H28F3N5O3S/c1-16-5-4-6-20(13-16)27-35-26-23(36(27)14-18-7-11-21(12-8-18)28(29,30)31)25(32-17(2)19-9-10-19)33-24(34-26)22(37)15-40(3,38)39/h4-8,11-13,17,19H,9-10,14-15H2,1-3H3,(H,32,33,34)/t17-/m1/s1. The van der Waals surface area contributed by atoms with Crippen LogP contribution in [-0.2, 0) is 22.6 Å². The van der Waals surface area contributed by atoms with E-state index >= 15 is 0 Å². The highest BCUT2D eigenvalue weighted by atomic mass is 32.2. The van der Waals surface area contributed by atoms with Crippen LogP contribution in [0.25, 0.3) is 22.6 Å². The van der Waals surface area contributed by atoms with Gasteiger partial charge in [-0.25, -0.2) is 23.4 Å². The number of ketones is 1. The van der Waals surface area contributed by atoms with Crippen LogP contribution in [-0.4, -0.2) is 51.8 Å². The van der Waals surface area contributed by atoms with E-state index in [-0.39, 0.29) is 24.1 Å².